The number of anilines is 1. The van der Waals surface area contributed by atoms with E-state index in [4.69, 9.17) is 5.73 Å². The molecule has 5 nitrogen and oxygen atoms in total. The molecule has 1 aromatic carbocycles. The summed E-state index contributed by atoms with van der Waals surface area (Å²) in [7, 11) is 1.82. The van der Waals surface area contributed by atoms with Gasteiger partial charge in [0.05, 0.1) is 5.56 Å². The maximum Gasteiger partial charge on any atom is 0.129 e. The first kappa shape index (κ1) is 12.8. The zero-order valence-electron chi connectivity index (χ0n) is 10.8. The molecule has 0 amide bonds. The van der Waals surface area contributed by atoms with Crippen molar-refractivity contribution in [1.82, 2.24) is 19.7 Å². The largest absolute Gasteiger partial charge is 0.383 e. The van der Waals surface area contributed by atoms with Crippen LogP contribution in [0.15, 0.2) is 47.5 Å². The summed E-state index contributed by atoms with van der Waals surface area (Å²) in [5, 5.41) is 4.49. The molecule has 0 spiro atoms. The summed E-state index contributed by atoms with van der Waals surface area (Å²) in [6.45, 7) is 0. The summed E-state index contributed by atoms with van der Waals surface area (Å²) < 4.78 is 2.63. The van der Waals surface area contributed by atoms with Crippen LogP contribution in [0, 0.1) is 0 Å². The van der Waals surface area contributed by atoms with E-state index in [1.807, 2.05) is 31.3 Å². The molecule has 3 rings (SSSR count). The Hall–Kier alpha value is -2.21. The van der Waals surface area contributed by atoms with Gasteiger partial charge in [0.2, 0.25) is 0 Å². The van der Waals surface area contributed by atoms with Crippen molar-refractivity contribution in [2.24, 2.45) is 7.05 Å². The Labute approximate surface area is 124 Å². The van der Waals surface area contributed by atoms with Gasteiger partial charge in [-0.15, -0.1) is 0 Å². The van der Waals surface area contributed by atoms with Gasteiger partial charge in [-0.05, 0) is 6.07 Å². The zero-order valence-corrected chi connectivity index (χ0v) is 12.4. The number of rotatable bonds is 2. The second-order valence-corrected chi connectivity index (χ2v) is 5.19. The van der Waals surface area contributed by atoms with Crippen molar-refractivity contribution in [2.45, 2.75) is 0 Å². The lowest BCUT2D eigenvalue weighted by Gasteiger charge is -2.06. The molecule has 0 bridgehead atoms. The van der Waals surface area contributed by atoms with Crippen molar-refractivity contribution in [3.05, 3.63) is 47.5 Å². The third-order valence-corrected chi connectivity index (χ3v) is 3.76. The number of hydrogen-bond donors (Lipinski definition) is 1. The molecule has 0 atom stereocenters. The van der Waals surface area contributed by atoms with Crippen molar-refractivity contribution in [3.8, 4) is 22.4 Å². The average Bonchev–Trinajstić information content (AvgIpc) is 2.77. The van der Waals surface area contributed by atoms with Crippen LogP contribution in [0.1, 0.15) is 0 Å². The van der Waals surface area contributed by atoms with Crippen molar-refractivity contribution in [1.29, 1.82) is 0 Å². The van der Waals surface area contributed by atoms with E-state index in [2.05, 4.69) is 31.0 Å². The second kappa shape index (κ2) is 5.05. The summed E-state index contributed by atoms with van der Waals surface area (Å²) in [5.41, 5.74) is 9.68. The molecule has 2 N–H and O–H groups in total. The maximum absolute atomic E-state index is 6.18. The third-order valence-electron chi connectivity index (χ3n) is 3.07. The SMILES string of the molecule is Cn1nc(-c2cncnc2)c(-c2ccccc2Br)c1N. The molecule has 0 radical (unpaired) electrons. The number of hydrogen-bond acceptors (Lipinski definition) is 4. The Morgan fingerprint density at radius 3 is 2.55 bits per heavy atom. The standard InChI is InChI=1S/C14H12BrN5/c1-20-14(16)12(10-4-2-3-5-11(10)15)13(19-20)9-6-17-8-18-7-9/h2-8H,16H2,1H3. The predicted octanol–water partition coefficient (Wildman–Crippen LogP) is 2.89. The van der Waals surface area contributed by atoms with E-state index in [9.17, 15) is 0 Å². The van der Waals surface area contributed by atoms with Gasteiger partial charge >= 0.3 is 0 Å². The van der Waals surface area contributed by atoms with Crippen LogP contribution >= 0.6 is 15.9 Å². The van der Waals surface area contributed by atoms with Crippen LogP contribution in [0.4, 0.5) is 5.82 Å². The first-order chi connectivity index (χ1) is 9.68. The lowest BCUT2D eigenvalue weighted by atomic mass is 10.0. The summed E-state index contributed by atoms with van der Waals surface area (Å²) in [6, 6.07) is 7.92. The molecule has 0 fully saturated rings. The molecule has 0 aliphatic rings. The minimum absolute atomic E-state index is 0.607. The number of aryl methyl sites for hydroxylation is 1. The molecule has 2 heterocycles. The highest BCUT2D eigenvalue weighted by atomic mass is 79.9. The van der Waals surface area contributed by atoms with Crippen LogP contribution in [0.5, 0.6) is 0 Å². The van der Waals surface area contributed by atoms with Crippen LogP contribution in [0.3, 0.4) is 0 Å². The van der Waals surface area contributed by atoms with Gasteiger partial charge in [-0.2, -0.15) is 5.10 Å². The average molecular weight is 330 g/mol. The minimum atomic E-state index is 0.607. The van der Waals surface area contributed by atoms with E-state index in [1.54, 1.807) is 17.1 Å². The van der Waals surface area contributed by atoms with E-state index in [0.717, 1.165) is 26.9 Å². The summed E-state index contributed by atoms with van der Waals surface area (Å²) in [4.78, 5) is 8.09. The van der Waals surface area contributed by atoms with Crippen molar-refractivity contribution < 1.29 is 0 Å². The van der Waals surface area contributed by atoms with Crippen molar-refractivity contribution in [3.63, 3.8) is 0 Å². The number of aromatic nitrogens is 4. The van der Waals surface area contributed by atoms with Gasteiger partial charge in [-0.25, -0.2) is 9.97 Å². The van der Waals surface area contributed by atoms with Gasteiger partial charge in [0, 0.05) is 35.0 Å². The highest BCUT2D eigenvalue weighted by molar-refractivity contribution is 9.10. The molecule has 0 aliphatic heterocycles. The summed E-state index contributed by atoms with van der Waals surface area (Å²) in [6.07, 6.45) is 4.96. The highest BCUT2D eigenvalue weighted by Crippen LogP contribution is 2.38. The topological polar surface area (TPSA) is 69.6 Å². The van der Waals surface area contributed by atoms with E-state index in [1.165, 1.54) is 6.33 Å². The van der Waals surface area contributed by atoms with Gasteiger partial charge in [-0.3, -0.25) is 4.68 Å². The Morgan fingerprint density at radius 1 is 1.15 bits per heavy atom. The highest BCUT2D eigenvalue weighted by Gasteiger charge is 2.19. The monoisotopic (exact) mass is 329 g/mol. The zero-order chi connectivity index (χ0) is 14.1. The fourth-order valence-corrected chi connectivity index (χ4v) is 2.57. The molecule has 100 valence electrons. The van der Waals surface area contributed by atoms with Crippen LogP contribution in [-0.4, -0.2) is 19.7 Å². The number of nitrogen functional groups attached to an aromatic ring is 1. The normalized spacial score (nSPS) is 10.7. The smallest absolute Gasteiger partial charge is 0.129 e. The molecule has 3 aromatic rings. The molecule has 2 aromatic heterocycles. The lowest BCUT2D eigenvalue weighted by Crippen LogP contribution is -1.98. The maximum atomic E-state index is 6.18. The molecular weight excluding hydrogens is 318 g/mol. The summed E-state index contributed by atoms with van der Waals surface area (Å²) in [5.74, 6) is 0.607. The van der Waals surface area contributed by atoms with Crippen molar-refractivity contribution in [2.75, 3.05) is 5.73 Å². The number of nitrogens with two attached hydrogens (primary N) is 1. The first-order valence-corrected chi connectivity index (χ1v) is 6.80. The molecule has 0 saturated heterocycles. The molecular formula is C14H12BrN5. The Kier molecular flexibility index (Phi) is 3.23. The molecule has 0 saturated carbocycles. The molecule has 0 aliphatic carbocycles. The Bertz CT molecular complexity index is 752. The number of benzene rings is 1. The van der Waals surface area contributed by atoms with Crippen molar-refractivity contribution >= 4 is 21.7 Å². The second-order valence-electron chi connectivity index (χ2n) is 4.34. The number of halogens is 1. The van der Waals surface area contributed by atoms with Crippen LogP contribution < -0.4 is 5.73 Å². The fraction of sp³-hybridized carbons (Fsp3) is 0.0714. The van der Waals surface area contributed by atoms with Gasteiger partial charge in [0.1, 0.15) is 17.8 Å². The van der Waals surface area contributed by atoms with E-state index >= 15 is 0 Å². The molecule has 20 heavy (non-hydrogen) atoms. The van der Waals surface area contributed by atoms with E-state index < -0.39 is 0 Å². The number of nitrogens with zero attached hydrogens (tertiary/aromatic N) is 4. The third kappa shape index (κ3) is 2.08. The van der Waals surface area contributed by atoms with Gasteiger partial charge in [-0.1, -0.05) is 34.1 Å². The van der Waals surface area contributed by atoms with Gasteiger partial charge in [0.25, 0.3) is 0 Å². The van der Waals surface area contributed by atoms with E-state index in [0.29, 0.717) is 5.82 Å². The summed E-state index contributed by atoms with van der Waals surface area (Å²) >= 11 is 3.56. The molecule has 6 heteroatoms. The quantitative estimate of drug-likeness (QED) is 0.784. The van der Waals surface area contributed by atoms with E-state index in [-0.39, 0.29) is 0 Å². The molecule has 0 unspecified atom stereocenters. The van der Waals surface area contributed by atoms with Crippen LogP contribution in [0.25, 0.3) is 22.4 Å². The van der Waals surface area contributed by atoms with Crippen LogP contribution in [-0.2, 0) is 7.05 Å². The van der Waals surface area contributed by atoms with Crippen LogP contribution in [0.2, 0.25) is 0 Å². The Morgan fingerprint density at radius 2 is 1.85 bits per heavy atom. The first-order valence-electron chi connectivity index (χ1n) is 6.01. The minimum Gasteiger partial charge on any atom is -0.383 e. The van der Waals surface area contributed by atoms with Gasteiger partial charge < -0.3 is 5.73 Å². The van der Waals surface area contributed by atoms with Gasteiger partial charge in [0.15, 0.2) is 0 Å². The Balaban J connectivity index is 2.29. The predicted molar refractivity (Wildman–Crippen MR) is 81.8 cm³/mol. The lowest BCUT2D eigenvalue weighted by molar-refractivity contribution is 0.782. The fourth-order valence-electron chi connectivity index (χ4n) is 2.09.